The number of rotatable bonds is 4. The van der Waals surface area contributed by atoms with E-state index < -0.39 is 10.8 Å². The number of aromatic nitrogens is 1. The van der Waals surface area contributed by atoms with Crippen LogP contribution in [0.5, 0.6) is 5.75 Å². The summed E-state index contributed by atoms with van der Waals surface area (Å²) in [6, 6.07) is 5.65. The maximum atomic E-state index is 12.7. The Hall–Kier alpha value is -2.05. The zero-order valence-electron chi connectivity index (χ0n) is 14.0. The number of aliphatic hydroxyl groups is 1. The normalized spacial score (nSPS) is 14.2. The van der Waals surface area contributed by atoms with Crippen molar-refractivity contribution in [2.75, 3.05) is 7.11 Å². The fraction of sp³-hybridized carbons (Fsp3) is 0.333. The number of benzene rings is 1. The van der Waals surface area contributed by atoms with E-state index in [4.69, 9.17) is 4.74 Å². The summed E-state index contributed by atoms with van der Waals surface area (Å²) in [7, 11) is 0.393. The fourth-order valence-electron chi connectivity index (χ4n) is 2.85. The molecule has 1 aromatic heterocycles. The number of nitrogens with zero attached hydrogens (tertiary/aromatic N) is 2. The molecule has 1 aromatic carbocycles. The number of methoxy groups -OCH3 is 1. The van der Waals surface area contributed by atoms with Crippen LogP contribution in [0.15, 0.2) is 29.4 Å². The predicted molar refractivity (Wildman–Crippen MR) is 95.3 cm³/mol. The summed E-state index contributed by atoms with van der Waals surface area (Å²) < 4.78 is 18.1. The maximum absolute atomic E-state index is 12.7. The predicted octanol–water partition coefficient (Wildman–Crippen LogP) is 2.73. The Morgan fingerprint density at radius 2 is 2.12 bits per heavy atom. The van der Waals surface area contributed by atoms with Crippen LogP contribution in [0, 0.1) is 13.8 Å². The van der Waals surface area contributed by atoms with E-state index in [9.17, 15) is 9.32 Å². The lowest BCUT2D eigenvalue weighted by atomic mass is 10.1. The van der Waals surface area contributed by atoms with Crippen molar-refractivity contribution >= 4 is 21.5 Å². The summed E-state index contributed by atoms with van der Waals surface area (Å²) in [4.78, 5) is 8.91. The van der Waals surface area contributed by atoms with E-state index in [1.165, 1.54) is 0 Å². The summed E-state index contributed by atoms with van der Waals surface area (Å²) in [6.45, 7) is 3.85. The molecule has 0 amide bonds. The zero-order valence-corrected chi connectivity index (χ0v) is 14.8. The van der Waals surface area contributed by atoms with Gasteiger partial charge in [0.15, 0.2) is 0 Å². The number of fused-ring (bicyclic) bond motifs is 1. The molecule has 2 aromatic rings. The number of pyridine rings is 1. The Bertz CT molecular complexity index is 846. The molecule has 1 aliphatic rings. The first-order valence-corrected chi connectivity index (χ1v) is 9.03. The molecule has 0 bridgehead atoms. The third-order valence-electron chi connectivity index (χ3n) is 4.20. The zero-order chi connectivity index (χ0) is 17.3. The Morgan fingerprint density at radius 3 is 2.83 bits per heavy atom. The standard InChI is InChI=1S/C18H20N2O3S/c1-11-8-19-16(12(2)18(11)23-3)10-24(22)17-7-14-5-4-13(9-21)6-15(14)20-17/h4-6,8,21H,7,9-10H2,1-3H3/t24-/m0/s1. The van der Waals surface area contributed by atoms with Crippen molar-refractivity contribution in [2.45, 2.75) is 32.6 Å². The minimum atomic E-state index is -1.24. The molecular formula is C18H20N2O3S. The number of aliphatic hydroxyl groups excluding tert-OH is 1. The van der Waals surface area contributed by atoms with Crippen LogP contribution in [0.2, 0.25) is 0 Å². The van der Waals surface area contributed by atoms with Gasteiger partial charge < -0.3 is 9.84 Å². The first-order valence-electron chi connectivity index (χ1n) is 7.71. The van der Waals surface area contributed by atoms with Gasteiger partial charge in [-0.15, -0.1) is 0 Å². The van der Waals surface area contributed by atoms with Gasteiger partial charge in [0.2, 0.25) is 0 Å². The van der Waals surface area contributed by atoms with Crippen molar-refractivity contribution in [3.63, 3.8) is 0 Å². The molecule has 24 heavy (non-hydrogen) atoms. The van der Waals surface area contributed by atoms with E-state index in [0.29, 0.717) is 17.2 Å². The largest absolute Gasteiger partial charge is 0.496 e. The molecule has 6 heteroatoms. The van der Waals surface area contributed by atoms with Gasteiger partial charge in [-0.2, -0.15) is 0 Å². The van der Waals surface area contributed by atoms with Crippen LogP contribution in [-0.2, 0) is 29.6 Å². The summed E-state index contributed by atoms with van der Waals surface area (Å²) in [5.41, 5.74) is 5.31. The van der Waals surface area contributed by atoms with Crippen LogP contribution in [0.3, 0.4) is 0 Å². The molecule has 0 saturated carbocycles. The molecule has 126 valence electrons. The topological polar surface area (TPSA) is 71.8 Å². The molecule has 0 aliphatic carbocycles. The SMILES string of the molecule is COc1c(C)cnc(C[S@](=O)C2=Nc3cc(CO)ccc3C2)c1C. The van der Waals surface area contributed by atoms with Gasteiger partial charge in [0.05, 0.1) is 41.7 Å². The van der Waals surface area contributed by atoms with E-state index in [0.717, 1.165) is 39.4 Å². The lowest BCUT2D eigenvalue weighted by molar-refractivity contribution is 0.282. The van der Waals surface area contributed by atoms with Gasteiger partial charge in [-0.3, -0.25) is 9.19 Å². The van der Waals surface area contributed by atoms with Crippen LogP contribution in [0.25, 0.3) is 0 Å². The minimum absolute atomic E-state index is 0.0203. The molecule has 3 rings (SSSR count). The molecule has 0 saturated heterocycles. The highest BCUT2D eigenvalue weighted by Gasteiger charge is 2.21. The highest BCUT2D eigenvalue weighted by atomic mass is 32.2. The lowest BCUT2D eigenvalue weighted by Crippen LogP contribution is -2.12. The number of ether oxygens (including phenoxy) is 1. The van der Waals surface area contributed by atoms with Crippen LogP contribution in [0.1, 0.15) is 27.9 Å². The summed E-state index contributed by atoms with van der Waals surface area (Å²) >= 11 is 0. The van der Waals surface area contributed by atoms with Gasteiger partial charge in [0, 0.05) is 23.7 Å². The Labute approximate surface area is 143 Å². The molecular weight excluding hydrogens is 324 g/mol. The number of aryl methyl sites for hydroxylation is 1. The number of hydrogen-bond donors (Lipinski definition) is 1. The average Bonchev–Trinajstić information content (AvgIpc) is 3.01. The molecule has 0 radical (unpaired) electrons. The summed E-state index contributed by atoms with van der Waals surface area (Å²) in [5, 5.41) is 9.87. The first kappa shape index (κ1) is 16.8. The molecule has 2 heterocycles. The second-order valence-electron chi connectivity index (χ2n) is 5.84. The highest BCUT2D eigenvalue weighted by Crippen LogP contribution is 2.30. The van der Waals surface area contributed by atoms with Gasteiger partial charge in [-0.1, -0.05) is 12.1 Å². The van der Waals surface area contributed by atoms with Gasteiger partial charge in [-0.05, 0) is 31.0 Å². The van der Waals surface area contributed by atoms with Gasteiger partial charge >= 0.3 is 0 Å². The van der Waals surface area contributed by atoms with E-state index in [-0.39, 0.29) is 6.61 Å². The van der Waals surface area contributed by atoms with Crippen molar-refractivity contribution in [1.82, 2.24) is 4.98 Å². The number of hydrogen-bond acceptors (Lipinski definition) is 5. The lowest BCUT2D eigenvalue weighted by Gasteiger charge is -2.12. The van der Waals surface area contributed by atoms with Crippen molar-refractivity contribution in [2.24, 2.45) is 4.99 Å². The Balaban J connectivity index is 1.82. The molecule has 5 nitrogen and oxygen atoms in total. The highest BCUT2D eigenvalue weighted by molar-refractivity contribution is 8.00. The molecule has 1 atom stereocenters. The van der Waals surface area contributed by atoms with Crippen LogP contribution in [-0.4, -0.2) is 26.5 Å². The van der Waals surface area contributed by atoms with Crippen LogP contribution in [0.4, 0.5) is 5.69 Å². The van der Waals surface area contributed by atoms with Crippen molar-refractivity contribution in [3.05, 3.63) is 52.3 Å². The molecule has 0 unspecified atom stereocenters. The van der Waals surface area contributed by atoms with E-state index in [2.05, 4.69) is 9.98 Å². The van der Waals surface area contributed by atoms with Crippen molar-refractivity contribution < 1.29 is 14.1 Å². The smallest absolute Gasteiger partial charge is 0.128 e. The summed E-state index contributed by atoms with van der Waals surface area (Å²) in [5.74, 6) is 1.11. The maximum Gasteiger partial charge on any atom is 0.128 e. The first-order chi connectivity index (χ1) is 11.5. The fourth-order valence-corrected chi connectivity index (χ4v) is 4.08. The van der Waals surface area contributed by atoms with Crippen molar-refractivity contribution in [1.29, 1.82) is 0 Å². The van der Waals surface area contributed by atoms with Gasteiger partial charge in [-0.25, -0.2) is 4.99 Å². The quantitative estimate of drug-likeness (QED) is 0.926. The van der Waals surface area contributed by atoms with E-state index >= 15 is 0 Å². The second kappa shape index (κ2) is 6.83. The minimum Gasteiger partial charge on any atom is -0.496 e. The summed E-state index contributed by atoms with van der Waals surface area (Å²) in [6.07, 6.45) is 2.33. The molecule has 0 fully saturated rings. The van der Waals surface area contributed by atoms with E-state index in [1.807, 2.05) is 32.0 Å². The second-order valence-corrected chi connectivity index (χ2v) is 7.29. The van der Waals surface area contributed by atoms with E-state index in [1.54, 1.807) is 13.3 Å². The molecule has 1 aliphatic heterocycles. The van der Waals surface area contributed by atoms with Crippen molar-refractivity contribution in [3.8, 4) is 5.75 Å². The number of aliphatic imine (C=N–C) groups is 1. The molecule has 1 N–H and O–H groups in total. The average molecular weight is 344 g/mol. The Kier molecular flexibility index (Phi) is 4.78. The third kappa shape index (κ3) is 3.12. The van der Waals surface area contributed by atoms with Crippen LogP contribution >= 0.6 is 0 Å². The van der Waals surface area contributed by atoms with Gasteiger partial charge in [0.25, 0.3) is 0 Å². The Morgan fingerprint density at radius 1 is 1.33 bits per heavy atom. The van der Waals surface area contributed by atoms with Gasteiger partial charge in [0.1, 0.15) is 10.8 Å². The van der Waals surface area contributed by atoms with Crippen LogP contribution < -0.4 is 4.74 Å². The monoisotopic (exact) mass is 344 g/mol. The third-order valence-corrected chi connectivity index (χ3v) is 5.50. The molecule has 0 spiro atoms.